The van der Waals surface area contributed by atoms with Crippen LogP contribution in [0.25, 0.3) is 0 Å². The number of hydrogen-bond acceptors (Lipinski definition) is 1. The van der Waals surface area contributed by atoms with E-state index in [0.29, 0.717) is 0 Å². The van der Waals surface area contributed by atoms with Crippen LogP contribution >= 0.6 is 0 Å². The van der Waals surface area contributed by atoms with Gasteiger partial charge in [0.1, 0.15) is 17.6 Å². The van der Waals surface area contributed by atoms with Gasteiger partial charge in [0.15, 0.2) is 0 Å². The largest absolute Gasteiger partial charge is 0.457 e. The van der Waals surface area contributed by atoms with Gasteiger partial charge in [-0.1, -0.05) is 50.0 Å². The van der Waals surface area contributed by atoms with Gasteiger partial charge >= 0.3 is 0 Å². The van der Waals surface area contributed by atoms with Crippen LogP contribution in [0.5, 0.6) is 11.5 Å². The summed E-state index contributed by atoms with van der Waals surface area (Å²) in [5.41, 5.74) is 0.820. The van der Waals surface area contributed by atoms with Crippen LogP contribution in [0.3, 0.4) is 0 Å². The lowest BCUT2D eigenvalue weighted by Crippen LogP contribution is -2.22. The van der Waals surface area contributed by atoms with Crippen LogP contribution < -0.4 is 4.74 Å². The van der Waals surface area contributed by atoms with Crippen LogP contribution in [0.4, 0.5) is 0 Å². The van der Waals surface area contributed by atoms with Crippen LogP contribution in [0.1, 0.15) is 11.7 Å². The Labute approximate surface area is 122 Å². The molecule has 2 nitrogen and oxygen atoms in total. The highest BCUT2D eigenvalue weighted by atomic mass is 28.3. The minimum absolute atomic E-state index is 0.652. The third-order valence-electron chi connectivity index (χ3n) is 3.01. The molecular weight excluding hydrogens is 264 g/mol. The summed E-state index contributed by atoms with van der Waals surface area (Å²) >= 11 is 0. The van der Waals surface area contributed by atoms with E-state index in [1.807, 2.05) is 54.6 Å². The summed E-state index contributed by atoms with van der Waals surface area (Å²) in [5, 5.41) is 12.3. The standard InChI is InChI=1S/C17H21O2Si/c1-20(2,3)13-17(18)14-8-7-11-16(12-14)19-15-9-5-4-6-10-15/h4-12,17H,13H2,1-3H3. The van der Waals surface area contributed by atoms with Gasteiger partial charge in [-0.05, 0) is 35.9 Å². The van der Waals surface area contributed by atoms with Gasteiger partial charge in [0, 0.05) is 8.07 Å². The lowest BCUT2D eigenvalue weighted by molar-refractivity contribution is 0.105. The Kier molecular flexibility index (Phi) is 4.63. The van der Waals surface area contributed by atoms with E-state index in [1.54, 1.807) is 0 Å². The van der Waals surface area contributed by atoms with E-state index in [1.165, 1.54) is 0 Å². The van der Waals surface area contributed by atoms with Crippen molar-refractivity contribution in [1.82, 2.24) is 0 Å². The molecule has 0 aliphatic heterocycles. The molecule has 0 saturated carbocycles. The second-order valence-corrected chi connectivity index (χ2v) is 11.8. The third kappa shape index (κ3) is 4.51. The SMILES string of the molecule is C[Si](C)(C)CC([O])c1cccc(Oc2ccccc2)c1. The smallest absolute Gasteiger partial charge is 0.127 e. The maximum absolute atomic E-state index is 12.3. The molecule has 2 rings (SSSR count). The van der Waals surface area contributed by atoms with Crippen LogP contribution in [0.15, 0.2) is 54.6 Å². The van der Waals surface area contributed by atoms with Gasteiger partial charge < -0.3 is 4.74 Å². The van der Waals surface area contributed by atoms with Crippen molar-refractivity contribution < 1.29 is 9.84 Å². The van der Waals surface area contributed by atoms with Gasteiger partial charge in [0.05, 0.1) is 0 Å². The summed E-state index contributed by atoms with van der Waals surface area (Å²) in [6.45, 7) is 6.67. The molecule has 0 aliphatic rings. The lowest BCUT2D eigenvalue weighted by Gasteiger charge is -2.19. The Bertz CT molecular complexity index is 546. The first-order chi connectivity index (χ1) is 9.44. The Morgan fingerprint density at radius 3 is 2.25 bits per heavy atom. The summed E-state index contributed by atoms with van der Waals surface area (Å²) in [5.74, 6) is 1.52. The van der Waals surface area contributed by atoms with E-state index in [9.17, 15) is 5.11 Å². The quantitative estimate of drug-likeness (QED) is 0.686. The van der Waals surface area contributed by atoms with Gasteiger partial charge in [-0.15, -0.1) is 0 Å². The average molecular weight is 285 g/mol. The molecule has 20 heavy (non-hydrogen) atoms. The first-order valence-corrected chi connectivity index (χ1v) is 10.6. The number of para-hydroxylation sites is 1. The Hall–Kier alpha value is -1.58. The van der Waals surface area contributed by atoms with Crippen molar-refractivity contribution in [3.05, 3.63) is 60.2 Å². The third-order valence-corrected chi connectivity index (χ3v) is 4.60. The fraction of sp³-hybridized carbons (Fsp3) is 0.294. The van der Waals surface area contributed by atoms with E-state index in [4.69, 9.17) is 4.74 Å². The van der Waals surface area contributed by atoms with Gasteiger partial charge in [-0.2, -0.15) is 0 Å². The van der Waals surface area contributed by atoms with Crippen LogP contribution in [-0.4, -0.2) is 8.07 Å². The summed E-state index contributed by atoms with van der Waals surface area (Å²) in [7, 11) is -1.35. The minimum atomic E-state index is -1.35. The Morgan fingerprint density at radius 2 is 1.60 bits per heavy atom. The van der Waals surface area contributed by atoms with Crippen molar-refractivity contribution >= 4 is 8.07 Å². The molecule has 0 bridgehead atoms. The van der Waals surface area contributed by atoms with Crippen LogP contribution in [-0.2, 0) is 5.11 Å². The van der Waals surface area contributed by atoms with E-state index in [2.05, 4.69) is 19.6 Å². The molecule has 2 aromatic carbocycles. The molecular formula is C17H21O2Si. The molecule has 0 heterocycles. The van der Waals surface area contributed by atoms with Gasteiger partial charge in [-0.3, -0.25) is 0 Å². The topological polar surface area (TPSA) is 29.1 Å². The summed E-state index contributed by atoms with van der Waals surface area (Å²) in [6, 6.07) is 17.9. The highest BCUT2D eigenvalue weighted by molar-refractivity contribution is 6.76. The fourth-order valence-electron chi connectivity index (χ4n) is 2.08. The molecule has 0 amide bonds. The molecule has 105 valence electrons. The van der Waals surface area contributed by atoms with Crippen molar-refractivity contribution in [1.29, 1.82) is 0 Å². The molecule has 1 radical (unpaired) electrons. The van der Waals surface area contributed by atoms with E-state index in [0.717, 1.165) is 23.1 Å². The molecule has 1 atom stereocenters. The summed E-state index contributed by atoms with van der Waals surface area (Å²) < 4.78 is 5.77. The Morgan fingerprint density at radius 1 is 0.950 bits per heavy atom. The second-order valence-electron chi connectivity index (χ2n) is 6.24. The van der Waals surface area contributed by atoms with Crippen molar-refractivity contribution in [3.63, 3.8) is 0 Å². The molecule has 0 aliphatic carbocycles. The predicted octanol–water partition coefficient (Wildman–Crippen LogP) is 5.29. The zero-order valence-corrected chi connectivity index (χ0v) is 13.3. The van der Waals surface area contributed by atoms with E-state index < -0.39 is 14.2 Å². The average Bonchev–Trinajstić information content (AvgIpc) is 2.38. The maximum atomic E-state index is 12.3. The Balaban J connectivity index is 2.12. The van der Waals surface area contributed by atoms with Crippen molar-refractivity contribution in [2.24, 2.45) is 0 Å². The predicted molar refractivity (Wildman–Crippen MR) is 84.5 cm³/mol. The summed E-state index contributed by atoms with van der Waals surface area (Å²) in [6.07, 6.45) is -0.652. The van der Waals surface area contributed by atoms with Crippen molar-refractivity contribution in [3.8, 4) is 11.5 Å². The number of rotatable bonds is 5. The first kappa shape index (κ1) is 14.8. The highest BCUT2D eigenvalue weighted by Gasteiger charge is 2.21. The normalized spacial score (nSPS) is 13.0. The first-order valence-electron chi connectivity index (χ1n) is 6.93. The molecule has 2 aromatic rings. The zero-order valence-electron chi connectivity index (χ0n) is 12.3. The van der Waals surface area contributed by atoms with E-state index >= 15 is 0 Å². The molecule has 3 heteroatoms. The molecule has 0 spiro atoms. The zero-order chi connectivity index (χ0) is 14.6. The van der Waals surface area contributed by atoms with Crippen molar-refractivity contribution in [2.45, 2.75) is 31.8 Å². The van der Waals surface area contributed by atoms with Crippen LogP contribution in [0.2, 0.25) is 25.7 Å². The number of hydrogen-bond donors (Lipinski definition) is 0. The van der Waals surface area contributed by atoms with Gasteiger partial charge in [0.2, 0.25) is 0 Å². The lowest BCUT2D eigenvalue weighted by atomic mass is 10.1. The molecule has 0 N–H and O–H groups in total. The van der Waals surface area contributed by atoms with Crippen molar-refractivity contribution in [2.75, 3.05) is 0 Å². The molecule has 0 saturated heterocycles. The summed E-state index contributed by atoms with van der Waals surface area (Å²) in [4.78, 5) is 0. The maximum Gasteiger partial charge on any atom is 0.127 e. The van der Waals surface area contributed by atoms with Crippen LogP contribution in [0, 0.1) is 0 Å². The highest BCUT2D eigenvalue weighted by Crippen LogP contribution is 2.29. The molecule has 0 aromatic heterocycles. The monoisotopic (exact) mass is 285 g/mol. The van der Waals surface area contributed by atoms with E-state index in [-0.39, 0.29) is 0 Å². The van der Waals surface area contributed by atoms with Gasteiger partial charge in [-0.25, -0.2) is 5.11 Å². The number of benzene rings is 2. The fourth-order valence-corrected chi connectivity index (χ4v) is 3.43. The molecule has 1 unspecified atom stereocenters. The molecule has 0 fully saturated rings. The number of ether oxygens (including phenoxy) is 1. The second kappa shape index (κ2) is 6.24. The minimum Gasteiger partial charge on any atom is -0.457 e. The van der Waals surface area contributed by atoms with Gasteiger partial charge in [0.25, 0.3) is 0 Å².